The highest BCUT2D eigenvalue weighted by Gasteiger charge is 2.09. The maximum absolute atomic E-state index is 6.45. The van der Waals surface area contributed by atoms with Crippen LogP contribution in [0.1, 0.15) is 33.4 Å². The van der Waals surface area contributed by atoms with Gasteiger partial charge < -0.3 is 4.90 Å². The van der Waals surface area contributed by atoms with E-state index in [2.05, 4.69) is 50.8 Å². The number of aromatic nitrogens is 1. The number of hydrogen-bond donors (Lipinski definition) is 0. The van der Waals surface area contributed by atoms with Gasteiger partial charge in [-0.3, -0.25) is 4.98 Å². The van der Waals surface area contributed by atoms with E-state index in [9.17, 15) is 0 Å². The van der Waals surface area contributed by atoms with Gasteiger partial charge in [-0.1, -0.05) is 25.4 Å². The molecule has 0 bridgehead atoms. The lowest BCUT2D eigenvalue weighted by molar-refractivity contribution is 0.637. The fraction of sp³-hybridized carbons (Fsp3) is 0.471. The van der Waals surface area contributed by atoms with Gasteiger partial charge in [-0.15, -0.1) is 0 Å². The second-order valence-corrected chi connectivity index (χ2v) is 5.97. The van der Waals surface area contributed by atoms with E-state index >= 15 is 0 Å². The molecule has 20 heavy (non-hydrogen) atoms. The summed E-state index contributed by atoms with van der Waals surface area (Å²) < 4.78 is 0. The van der Waals surface area contributed by atoms with Gasteiger partial charge in [-0.25, -0.2) is 0 Å². The van der Waals surface area contributed by atoms with Gasteiger partial charge >= 0.3 is 0 Å². The normalized spacial score (nSPS) is 11.3. The SMILES string of the molecule is CCN(CC)c1ccc2nc(CC(C)C)cc(Cl)c2c1. The molecule has 0 aliphatic carbocycles. The zero-order chi connectivity index (χ0) is 14.7. The number of anilines is 1. The van der Waals surface area contributed by atoms with Crippen molar-refractivity contribution in [1.82, 2.24) is 4.98 Å². The third-order valence-electron chi connectivity index (χ3n) is 3.54. The number of pyridine rings is 1. The first-order valence-corrected chi connectivity index (χ1v) is 7.77. The minimum Gasteiger partial charge on any atom is -0.372 e. The molecule has 0 atom stereocenters. The van der Waals surface area contributed by atoms with Gasteiger partial charge in [0.15, 0.2) is 0 Å². The molecule has 0 amide bonds. The van der Waals surface area contributed by atoms with E-state index in [4.69, 9.17) is 16.6 Å². The first-order chi connectivity index (χ1) is 9.55. The Bertz CT molecular complexity index is 589. The molecule has 0 N–H and O–H groups in total. The van der Waals surface area contributed by atoms with E-state index in [0.717, 1.165) is 41.1 Å². The summed E-state index contributed by atoms with van der Waals surface area (Å²) in [5.41, 5.74) is 3.28. The standard InChI is InChI=1S/C17H23ClN2/c1-5-20(6-2)14-7-8-17-15(11-14)16(18)10-13(19-17)9-12(3)4/h7-8,10-12H,5-6,9H2,1-4H3. The van der Waals surface area contributed by atoms with Crippen LogP contribution in [0.2, 0.25) is 5.02 Å². The molecule has 0 unspecified atom stereocenters. The smallest absolute Gasteiger partial charge is 0.0721 e. The topological polar surface area (TPSA) is 16.1 Å². The summed E-state index contributed by atoms with van der Waals surface area (Å²) in [5.74, 6) is 0.589. The van der Waals surface area contributed by atoms with E-state index in [-0.39, 0.29) is 0 Å². The van der Waals surface area contributed by atoms with E-state index in [1.165, 1.54) is 5.69 Å². The van der Waals surface area contributed by atoms with Crippen molar-refractivity contribution in [1.29, 1.82) is 0 Å². The number of hydrogen-bond acceptors (Lipinski definition) is 2. The van der Waals surface area contributed by atoms with Gasteiger partial charge in [0.1, 0.15) is 0 Å². The highest BCUT2D eigenvalue weighted by molar-refractivity contribution is 6.35. The Labute approximate surface area is 126 Å². The summed E-state index contributed by atoms with van der Waals surface area (Å²) in [6, 6.07) is 8.38. The summed E-state index contributed by atoms with van der Waals surface area (Å²) in [4.78, 5) is 7.04. The molecule has 2 nitrogen and oxygen atoms in total. The van der Waals surface area contributed by atoms with Crippen LogP contribution in [0.5, 0.6) is 0 Å². The van der Waals surface area contributed by atoms with Gasteiger partial charge in [0.2, 0.25) is 0 Å². The fourth-order valence-corrected chi connectivity index (χ4v) is 2.81. The third kappa shape index (κ3) is 3.24. The predicted octanol–water partition coefficient (Wildman–Crippen LogP) is 4.93. The summed E-state index contributed by atoms with van der Waals surface area (Å²) in [5, 5.41) is 1.85. The molecule has 0 spiro atoms. The highest BCUT2D eigenvalue weighted by atomic mass is 35.5. The maximum atomic E-state index is 6.45. The van der Waals surface area contributed by atoms with Gasteiger partial charge in [-0.05, 0) is 50.5 Å². The average molecular weight is 291 g/mol. The Morgan fingerprint density at radius 2 is 1.85 bits per heavy atom. The van der Waals surface area contributed by atoms with Gasteiger partial charge in [-0.2, -0.15) is 0 Å². The first kappa shape index (κ1) is 15.1. The molecule has 0 aliphatic heterocycles. The van der Waals surface area contributed by atoms with Crippen LogP contribution in [-0.4, -0.2) is 18.1 Å². The van der Waals surface area contributed by atoms with Crippen molar-refractivity contribution in [3.63, 3.8) is 0 Å². The Balaban J connectivity index is 2.46. The predicted molar refractivity (Wildman–Crippen MR) is 88.9 cm³/mol. The maximum Gasteiger partial charge on any atom is 0.0721 e. The lowest BCUT2D eigenvalue weighted by Gasteiger charge is -2.21. The molecule has 0 radical (unpaired) electrons. The van der Waals surface area contributed by atoms with Crippen LogP contribution in [0.4, 0.5) is 5.69 Å². The number of benzene rings is 1. The van der Waals surface area contributed by atoms with E-state index in [1.807, 2.05) is 6.07 Å². The summed E-state index contributed by atoms with van der Waals surface area (Å²) in [7, 11) is 0. The lowest BCUT2D eigenvalue weighted by Crippen LogP contribution is -2.21. The lowest BCUT2D eigenvalue weighted by atomic mass is 10.1. The van der Waals surface area contributed by atoms with Crippen molar-refractivity contribution < 1.29 is 0 Å². The third-order valence-corrected chi connectivity index (χ3v) is 3.85. The molecular formula is C17H23ClN2. The Hall–Kier alpha value is -1.28. The zero-order valence-corrected chi connectivity index (χ0v) is 13.5. The second kappa shape index (κ2) is 6.45. The average Bonchev–Trinajstić information content (AvgIpc) is 2.40. The van der Waals surface area contributed by atoms with Crippen LogP contribution in [0.3, 0.4) is 0 Å². The van der Waals surface area contributed by atoms with Crippen molar-refractivity contribution in [3.05, 3.63) is 35.0 Å². The largest absolute Gasteiger partial charge is 0.372 e. The molecule has 108 valence electrons. The zero-order valence-electron chi connectivity index (χ0n) is 12.8. The molecule has 2 rings (SSSR count). The van der Waals surface area contributed by atoms with Crippen LogP contribution in [0.15, 0.2) is 24.3 Å². The number of fused-ring (bicyclic) bond motifs is 1. The molecular weight excluding hydrogens is 268 g/mol. The summed E-state index contributed by atoms with van der Waals surface area (Å²) >= 11 is 6.45. The molecule has 0 saturated carbocycles. The van der Waals surface area contributed by atoms with E-state index in [1.54, 1.807) is 0 Å². The van der Waals surface area contributed by atoms with Crippen LogP contribution < -0.4 is 4.90 Å². The molecule has 0 aliphatic rings. The second-order valence-electron chi connectivity index (χ2n) is 5.57. The minimum absolute atomic E-state index is 0.589. The van der Waals surface area contributed by atoms with Crippen molar-refractivity contribution in [2.24, 2.45) is 5.92 Å². The van der Waals surface area contributed by atoms with Crippen LogP contribution in [0.25, 0.3) is 10.9 Å². The molecule has 1 aromatic heterocycles. The fourth-order valence-electron chi connectivity index (χ4n) is 2.53. The number of halogens is 1. The molecule has 0 fully saturated rings. The van der Waals surface area contributed by atoms with Crippen molar-refractivity contribution in [3.8, 4) is 0 Å². The molecule has 3 heteroatoms. The van der Waals surface area contributed by atoms with Gasteiger partial charge in [0, 0.05) is 29.9 Å². The first-order valence-electron chi connectivity index (χ1n) is 7.39. The number of nitrogens with zero attached hydrogens (tertiary/aromatic N) is 2. The molecule has 2 aromatic rings. The van der Waals surface area contributed by atoms with Crippen LogP contribution >= 0.6 is 11.6 Å². The minimum atomic E-state index is 0.589. The molecule has 1 heterocycles. The monoisotopic (exact) mass is 290 g/mol. The van der Waals surface area contributed by atoms with E-state index < -0.39 is 0 Å². The highest BCUT2D eigenvalue weighted by Crippen LogP contribution is 2.28. The van der Waals surface area contributed by atoms with Crippen molar-refractivity contribution in [2.45, 2.75) is 34.1 Å². The van der Waals surface area contributed by atoms with Crippen molar-refractivity contribution >= 4 is 28.2 Å². The Kier molecular flexibility index (Phi) is 4.87. The van der Waals surface area contributed by atoms with Crippen LogP contribution in [-0.2, 0) is 6.42 Å². The molecule has 0 saturated heterocycles. The molecule has 1 aromatic carbocycles. The van der Waals surface area contributed by atoms with Crippen LogP contribution in [0, 0.1) is 5.92 Å². The van der Waals surface area contributed by atoms with E-state index in [0.29, 0.717) is 5.92 Å². The van der Waals surface area contributed by atoms with Gasteiger partial charge in [0.05, 0.1) is 10.5 Å². The number of rotatable bonds is 5. The summed E-state index contributed by atoms with van der Waals surface area (Å²) in [6.45, 7) is 10.7. The van der Waals surface area contributed by atoms with Gasteiger partial charge in [0.25, 0.3) is 0 Å². The quantitative estimate of drug-likeness (QED) is 0.776. The Morgan fingerprint density at radius 3 is 2.45 bits per heavy atom. The van der Waals surface area contributed by atoms with Crippen molar-refractivity contribution in [2.75, 3.05) is 18.0 Å². The summed E-state index contributed by atoms with van der Waals surface area (Å²) in [6.07, 6.45) is 0.966. The Morgan fingerprint density at radius 1 is 1.15 bits per heavy atom.